The highest BCUT2D eigenvalue weighted by Gasteiger charge is 2.18. The number of hydrogen-bond donors (Lipinski definition) is 0. The van der Waals surface area contributed by atoms with E-state index in [0.29, 0.717) is 17.5 Å². The summed E-state index contributed by atoms with van der Waals surface area (Å²) in [4.78, 5) is 19.7. The van der Waals surface area contributed by atoms with E-state index in [2.05, 4.69) is 143 Å². The zero-order valence-corrected chi connectivity index (χ0v) is 26.3. The van der Waals surface area contributed by atoms with E-state index in [9.17, 15) is 0 Å². The van der Waals surface area contributed by atoms with Crippen LogP contribution in [0.1, 0.15) is 0 Å². The van der Waals surface area contributed by atoms with Gasteiger partial charge in [-0.25, -0.2) is 15.0 Å². The van der Waals surface area contributed by atoms with Crippen molar-refractivity contribution < 1.29 is 0 Å². The maximum absolute atomic E-state index is 5.19. The number of nitrogens with zero attached hydrogens (tertiary/aromatic N) is 5. The van der Waals surface area contributed by atoms with Crippen LogP contribution in [0.5, 0.6) is 0 Å². The van der Waals surface area contributed by atoms with Gasteiger partial charge in [0.2, 0.25) is 0 Å². The summed E-state index contributed by atoms with van der Waals surface area (Å²) in [6, 6.07) is 53.0. The molecule has 3 aromatic heterocycles. The summed E-state index contributed by atoms with van der Waals surface area (Å²) in [5, 5.41) is 9.31. The van der Waals surface area contributed by atoms with Crippen LogP contribution in [0.3, 0.4) is 0 Å². The minimum Gasteiger partial charge on any atom is -0.309 e. The molecule has 0 N–H and O–H groups in total. The monoisotopic (exact) mass is 625 g/mol. The van der Waals surface area contributed by atoms with Crippen molar-refractivity contribution in [2.45, 2.75) is 0 Å². The smallest absolute Gasteiger partial charge is 0.164 e. The lowest BCUT2D eigenvalue weighted by Crippen LogP contribution is -2.00. The number of para-hydroxylation sites is 2. The molecule has 5 nitrogen and oxygen atoms in total. The van der Waals surface area contributed by atoms with Gasteiger partial charge in [-0.1, -0.05) is 109 Å². The van der Waals surface area contributed by atoms with E-state index in [-0.39, 0.29) is 0 Å². The van der Waals surface area contributed by atoms with Crippen molar-refractivity contribution in [1.29, 1.82) is 0 Å². The van der Waals surface area contributed by atoms with Crippen molar-refractivity contribution in [2.75, 3.05) is 0 Å². The largest absolute Gasteiger partial charge is 0.309 e. The van der Waals surface area contributed by atoms with Gasteiger partial charge in [0.15, 0.2) is 17.5 Å². The predicted octanol–water partition coefficient (Wildman–Crippen LogP) is 10.8. The average Bonchev–Trinajstić information content (AvgIpc) is 3.51. The molecule has 49 heavy (non-hydrogen) atoms. The minimum atomic E-state index is 0.638. The first-order valence-electron chi connectivity index (χ1n) is 16.4. The molecule has 0 aliphatic carbocycles. The number of fused-ring (bicyclic) bond motifs is 8. The van der Waals surface area contributed by atoms with Gasteiger partial charge in [-0.05, 0) is 69.4 Å². The molecule has 7 aromatic carbocycles. The second kappa shape index (κ2) is 10.9. The second-order valence-electron chi connectivity index (χ2n) is 12.3. The third-order valence-electron chi connectivity index (χ3n) is 9.53. The molecule has 0 fully saturated rings. The topological polar surface area (TPSA) is 56.5 Å². The fourth-order valence-corrected chi connectivity index (χ4v) is 7.26. The Morgan fingerprint density at radius 3 is 1.92 bits per heavy atom. The van der Waals surface area contributed by atoms with Gasteiger partial charge >= 0.3 is 0 Å². The SMILES string of the molecule is c1ccc(-c2nc(-c3ccc4c(c3)c3ccccc3n4-c3ccccc3)nc(-c3cccc4c3ccc3c5ccncc5ccc43)n2)cc1. The highest BCUT2D eigenvalue weighted by molar-refractivity contribution is 6.19. The molecule has 3 heterocycles. The molecule has 0 spiro atoms. The molecule has 0 unspecified atom stereocenters. The van der Waals surface area contributed by atoms with Crippen molar-refractivity contribution in [3.8, 4) is 39.9 Å². The van der Waals surface area contributed by atoms with E-state index in [0.717, 1.165) is 55.0 Å². The van der Waals surface area contributed by atoms with Crippen LogP contribution in [0.4, 0.5) is 0 Å². The maximum Gasteiger partial charge on any atom is 0.164 e. The van der Waals surface area contributed by atoms with E-state index < -0.39 is 0 Å². The van der Waals surface area contributed by atoms with E-state index >= 15 is 0 Å². The summed E-state index contributed by atoms with van der Waals surface area (Å²) < 4.78 is 2.32. The molecule has 0 saturated carbocycles. The van der Waals surface area contributed by atoms with Gasteiger partial charge in [-0.3, -0.25) is 4.98 Å². The van der Waals surface area contributed by atoms with Gasteiger partial charge < -0.3 is 4.57 Å². The molecule has 0 aliphatic heterocycles. The van der Waals surface area contributed by atoms with E-state index in [1.807, 2.05) is 30.6 Å². The lowest BCUT2D eigenvalue weighted by atomic mass is 9.95. The third kappa shape index (κ3) is 4.40. The number of rotatable bonds is 4. The van der Waals surface area contributed by atoms with Gasteiger partial charge in [-0.15, -0.1) is 0 Å². The highest BCUT2D eigenvalue weighted by atomic mass is 15.0. The van der Waals surface area contributed by atoms with Crippen LogP contribution in [0.25, 0.3) is 94.0 Å². The van der Waals surface area contributed by atoms with Crippen LogP contribution in [-0.4, -0.2) is 24.5 Å². The zero-order chi connectivity index (χ0) is 32.3. The number of aromatic nitrogens is 5. The molecule has 10 aromatic rings. The van der Waals surface area contributed by atoms with Crippen molar-refractivity contribution in [2.24, 2.45) is 0 Å². The standard InChI is InChI=1S/C44H27N5/c1-3-10-28(11-4-1)42-46-43(29-19-23-41-39(26-29)37-14-7-8-17-40(37)49(41)31-12-5-2-6-13-31)48-44(47-42)38-16-9-15-33-35-20-18-30-27-45-25-24-32(30)34(35)21-22-36(33)38/h1-27H. The molecule has 0 atom stereocenters. The quantitative estimate of drug-likeness (QED) is 0.183. The third-order valence-corrected chi connectivity index (χ3v) is 9.53. The highest BCUT2D eigenvalue weighted by Crippen LogP contribution is 2.37. The van der Waals surface area contributed by atoms with Gasteiger partial charge in [0.25, 0.3) is 0 Å². The first-order chi connectivity index (χ1) is 24.3. The summed E-state index contributed by atoms with van der Waals surface area (Å²) in [7, 11) is 0. The zero-order valence-electron chi connectivity index (χ0n) is 26.3. The lowest BCUT2D eigenvalue weighted by molar-refractivity contribution is 1.08. The molecule has 0 amide bonds. The Balaban J connectivity index is 1.20. The van der Waals surface area contributed by atoms with Crippen LogP contribution in [-0.2, 0) is 0 Å². The van der Waals surface area contributed by atoms with Gasteiger partial charge in [-0.2, -0.15) is 0 Å². The van der Waals surface area contributed by atoms with Crippen LogP contribution in [0.15, 0.2) is 164 Å². The molecule has 5 heteroatoms. The van der Waals surface area contributed by atoms with Gasteiger partial charge in [0, 0.05) is 50.9 Å². The van der Waals surface area contributed by atoms with E-state index in [1.54, 1.807) is 0 Å². The van der Waals surface area contributed by atoms with Gasteiger partial charge in [0.05, 0.1) is 11.0 Å². The normalized spacial score (nSPS) is 11.7. The molecule has 0 saturated heterocycles. The van der Waals surface area contributed by atoms with Crippen LogP contribution in [0, 0.1) is 0 Å². The van der Waals surface area contributed by atoms with Crippen molar-refractivity contribution >= 4 is 54.1 Å². The molecular formula is C44H27N5. The first kappa shape index (κ1) is 27.4. The molecular weight excluding hydrogens is 599 g/mol. The number of hydrogen-bond acceptors (Lipinski definition) is 4. The van der Waals surface area contributed by atoms with Crippen LogP contribution < -0.4 is 0 Å². The van der Waals surface area contributed by atoms with Crippen molar-refractivity contribution in [3.63, 3.8) is 0 Å². The molecule has 0 bridgehead atoms. The lowest BCUT2D eigenvalue weighted by Gasteiger charge is -2.12. The summed E-state index contributed by atoms with van der Waals surface area (Å²) >= 11 is 0. The second-order valence-corrected chi connectivity index (χ2v) is 12.3. The molecule has 228 valence electrons. The van der Waals surface area contributed by atoms with E-state index in [4.69, 9.17) is 15.0 Å². The Labute approximate surface area is 281 Å². The molecule has 10 rings (SSSR count). The minimum absolute atomic E-state index is 0.638. The van der Waals surface area contributed by atoms with Crippen molar-refractivity contribution in [3.05, 3.63) is 164 Å². The Kier molecular flexibility index (Phi) is 6.11. The summed E-state index contributed by atoms with van der Waals surface area (Å²) in [6.45, 7) is 0. The summed E-state index contributed by atoms with van der Waals surface area (Å²) in [6.07, 6.45) is 3.78. The Bertz CT molecular complexity index is 2880. The maximum atomic E-state index is 5.19. The fourth-order valence-electron chi connectivity index (χ4n) is 7.26. The van der Waals surface area contributed by atoms with Crippen LogP contribution >= 0.6 is 0 Å². The molecule has 0 aliphatic rings. The number of pyridine rings is 1. The number of benzene rings is 7. The van der Waals surface area contributed by atoms with Gasteiger partial charge in [0.1, 0.15) is 0 Å². The Hall–Kier alpha value is -6.72. The van der Waals surface area contributed by atoms with Crippen molar-refractivity contribution in [1.82, 2.24) is 24.5 Å². The Morgan fingerprint density at radius 2 is 1.04 bits per heavy atom. The fraction of sp³-hybridized carbons (Fsp3) is 0. The van der Waals surface area contributed by atoms with Crippen LogP contribution in [0.2, 0.25) is 0 Å². The predicted molar refractivity (Wildman–Crippen MR) is 201 cm³/mol. The Morgan fingerprint density at radius 1 is 0.388 bits per heavy atom. The summed E-state index contributed by atoms with van der Waals surface area (Å²) in [5.41, 5.74) is 6.28. The summed E-state index contributed by atoms with van der Waals surface area (Å²) in [5.74, 6) is 1.92. The van der Waals surface area contributed by atoms with E-state index in [1.165, 1.54) is 21.5 Å². The molecule has 0 radical (unpaired) electrons. The first-order valence-corrected chi connectivity index (χ1v) is 16.4. The average molecular weight is 626 g/mol.